The second kappa shape index (κ2) is 4.25. The number of benzene rings is 1. The molecule has 2 aromatic rings. The number of nitrogens with zero attached hydrogens (tertiary/aromatic N) is 3. The van der Waals surface area contributed by atoms with Gasteiger partial charge in [0.05, 0.1) is 18.7 Å². The first-order valence-electron chi connectivity index (χ1n) is 5.88. The van der Waals surface area contributed by atoms with Crippen LogP contribution in [0.5, 0.6) is 0 Å². The fraction of sp³-hybridized carbons (Fsp3) is 0.308. The molecule has 0 atom stereocenters. The van der Waals surface area contributed by atoms with Gasteiger partial charge in [0.25, 0.3) is 0 Å². The Morgan fingerprint density at radius 3 is 2.67 bits per heavy atom. The molecule has 0 bridgehead atoms. The Hall–Kier alpha value is -2.17. The Morgan fingerprint density at radius 1 is 1.33 bits per heavy atom. The Labute approximate surface area is 104 Å². The van der Waals surface area contributed by atoms with Crippen molar-refractivity contribution in [1.82, 2.24) is 14.8 Å². The number of ether oxygens (including phenoxy) is 1. The highest BCUT2D eigenvalue weighted by Gasteiger charge is 2.27. The van der Waals surface area contributed by atoms with Crippen molar-refractivity contribution in [3.63, 3.8) is 0 Å². The summed E-state index contributed by atoms with van der Waals surface area (Å²) in [6.45, 7) is 0. The Bertz CT molecular complexity index is 570. The molecule has 0 unspecified atom stereocenters. The highest BCUT2D eigenvalue weighted by Crippen LogP contribution is 2.36. The number of rotatable bonds is 3. The van der Waals surface area contributed by atoms with Crippen molar-refractivity contribution in [3.05, 3.63) is 36.2 Å². The molecule has 0 amide bonds. The summed E-state index contributed by atoms with van der Waals surface area (Å²) in [6, 6.07) is 7.72. The van der Waals surface area contributed by atoms with E-state index in [1.54, 1.807) is 18.5 Å². The molecular formula is C13H13N3O2. The number of carbonyl (C=O) groups is 1. The maximum atomic E-state index is 11.3. The van der Waals surface area contributed by atoms with Gasteiger partial charge in [-0.3, -0.25) is 0 Å². The number of methoxy groups -OCH3 is 1. The second-order valence-electron chi connectivity index (χ2n) is 4.33. The van der Waals surface area contributed by atoms with Gasteiger partial charge in [0, 0.05) is 5.56 Å². The van der Waals surface area contributed by atoms with Gasteiger partial charge in [0.2, 0.25) is 0 Å². The normalized spacial score (nSPS) is 14.5. The molecule has 5 heteroatoms. The van der Waals surface area contributed by atoms with Crippen LogP contribution in [0.1, 0.15) is 29.2 Å². The standard InChI is InChI=1S/C13H13N3O2/c1-18-13(17)10-4-2-9(3-5-10)12-14-8-15-16(12)11-6-7-11/h2-5,8,11H,6-7H2,1H3. The largest absolute Gasteiger partial charge is 0.465 e. The van der Waals surface area contributed by atoms with Crippen molar-refractivity contribution in [2.45, 2.75) is 18.9 Å². The SMILES string of the molecule is COC(=O)c1ccc(-c2ncnn2C2CC2)cc1. The lowest BCUT2D eigenvalue weighted by Crippen LogP contribution is -2.02. The predicted molar refractivity (Wildman–Crippen MR) is 65.1 cm³/mol. The second-order valence-corrected chi connectivity index (χ2v) is 4.33. The first-order valence-corrected chi connectivity index (χ1v) is 5.88. The van der Waals surface area contributed by atoms with Crippen molar-refractivity contribution in [2.75, 3.05) is 7.11 Å². The maximum Gasteiger partial charge on any atom is 0.337 e. The number of aromatic nitrogens is 3. The van der Waals surface area contributed by atoms with Gasteiger partial charge < -0.3 is 4.74 Å². The average Bonchev–Trinajstić information content (AvgIpc) is 3.15. The number of hydrogen-bond acceptors (Lipinski definition) is 4. The number of hydrogen-bond donors (Lipinski definition) is 0. The smallest absolute Gasteiger partial charge is 0.337 e. The van der Waals surface area contributed by atoms with E-state index in [0.29, 0.717) is 11.6 Å². The topological polar surface area (TPSA) is 57.0 Å². The summed E-state index contributed by atoms with van der Waals surface area (Å²) in [7, 11) is 1.37. The minimum atomic E-state index is -0.329. The maximum absolute atomic E-state index is 11.3. The van der Waals surface area contributed by atoms with Gasteiger partial charge in [-0.2, -0.15) is 5.10 Å². The van der Waals surface area contributed by atoms with Gasteiger partial charge in [-0.25, -0.2) is 14.5 Å². The van der Waals surface area contributed by atoms with Gasteiger partial charge in [0.15, 0.2) is 5.82 Å². The lowest BCUT2D eigenvalue weighted by atomic mass is 10.1. The fourth-order valence-electron chi connectivity index (χ4n) is 1.92. The van der Waals surface area contributed by atoms with Gasteiger partial charge in [0.1, 0.15) is 6.33 Å². The van der Waals surface area contributed by atoms with Crippen LogP contribution < -0.4 is 0 Å². The molecule has 92 valence electrons. The highest BCUT2D eigenvalue weighted by atomic mass is 16.5. The summed E-state index contributed by atoms with van der Waals surface area (Å²) in [5.74, 6) is 0.527. The minimum Gasteiger partial charge on any atom is -0.465 e. The van der Waals surface area contributed by atoms with Crippen LogP contribution in [0.15, 0.2) is 30.6 Å². The molecule has 1 aliphatic carbocycles. The van der Waals surface area contributed by atoms with Crippen LogP contribution in [0, 0.1) is 0 Å². The molecule has 1 aromatic heterocycles. The first-order chi connectivity index (χ1) is 8.79. The molecule has 0 saturated heterocycles. The molecule has 0 radical (unpaired) electrons. The average molecular weight is 243 g/mol. The summed E-state index contributed by atoms with van der Waals surface area (Å²) in [6.07, 6.45) is 3.90. The van der Waals surface area contributed by atoms with Crippen LogP contribution >= 0.6 is 0 Å². The van der Waals surface area contributed by atoms with E-state index in [0.717, 1.165) is 24.2 Å². The lowest BCUT2D eigenvalue weighted by molar-refractivity contribution is 0.0601. The highest BCUT2D eigenvalue weighted by molar-refractivity contribution is 5.89. The van der Waals surface area contributed by atoms with Crippen LogP contribution in [-0.4, -0.2) is 27.8 Å². The fourth-order valence-corrected chi connectivity index (χ4v) is 1.92. The van der Waals surface area contributed by atoms with Gasteiger partial charge >= 0.3 is 5.97 Å². The van der Waals surface area contributed by atoms with E-state index in [-0.39, 0.29) is 5.97 Å². The molecule has 1 heterocycles. The third kappa shape index (κ3) is 1.88. The zero-order valence-corrected chi connectivity index (χ0v) is 10.0. The van der Waals surface area contributed by atoms with E-state index in [4.69, 9.17) is 0 Å². The monoisotopic (exact) mass is 243 g/mol. The molecule has 0 aliphatic heterocycles. The van der Waals surface area contributed by atoms with E-state index in [1.165, 1.54) is 7.11 Å². The van der Waals surface area contributed by atoms with Crippen molar-refractivity contribution < 1.29 is 9.53 Å². The molecule has 1 fully saturated rings. The molecule has 1 aliphatic rings. The van der Waals surface area contributed by atoms with Crippen molar-refractivity contribution in [1.29, 1.82) is 0 Å². The van der Waals surface area contributed by atoms with Crippen molar-refractivity contribution >= 4 is 5.97 Å². The zero-order chi connectivity index (χ0) is 12.5. The molecule has 5 nitrogen and oxygen atoms in total. The molecule has 3 rings (SSSR count). The summed E-state index contributed by atoms with van der Waals surface area (Å²) in [5, 5.41) is 4.24. The molecule has 1 aromatic carbocycles. The van der Waals surface area contributed by atoms with Crippen LogP contribution in [-0.2, 0) is 4.74 Å². The molecule has 0 spiro atoms. The molecule has 18 heavy (non-hydrogen) atoms. The third-order valence-electron chi connectivity index (χ3n) is 3.03. The predicted octanol–water partition coefficient (Wildman–Crippen LogP) is 2.07. The summed E-state index contributed by atoms with van der Waals surface area (Å²) in [4.78, 5) is 15.6. The number of carbonyl (C=O) groups excluding carboxylic acids is 1. The zero-order valence-electron chi connectivity index (χ0n) is 10.0. The Kier molecular flexibility index (Phi) is 2.59. The summed E-state index contributed by atoms with van der Waals surface area (Å²) < 4.78 is 6.62. The first kappa shape index (κ1) is 11.0. The summed E-state index contributed by atoms with van der Waals surface area (Å²) in [5.41, 5.74) is 1.51. The van der Waals surface area contributed by atoms with Crippen LogP contribution in [0.4, 0.5) is 0 Å². The third-order valence-corrected chi connectivity index (χ3v) is 3.03. The van der Waals surface area contributed by atoms with Crippen molar-refractivity contribution in [3.8, 4) is 11.4 Å². The van der Waals surface area contributed by atoms with Crippen LogP contribution in [0.25, 0.3) is 11.4 Å². The van der Waals surface area contributed by atoms with Gasteiger partial charge in [-0.05, 0) is 25.0 Å². The van der Waals surface area contributed by atoms with Crippen LogP contribution in [0.3, 0.4) is 0 Å². The summed E-state index contributed by atoms with van der Waals surface area (Å²) >= 11 is 0. The van der Waals surface area contributed by atoms with Gasteiger partial charge in [-0.15, -0.1) is 0 Å². The van der Waals surface area contributed by atoms with E-state index in [9.17, 15) is 4.79 Å². The quantitative estimate of drug-likeness (QED) is 0.774. The Morgan fingerprint density at radius 2 is 2.06 bits per heavy atom. The van der Waals surface area contributed by atoms with Gasteiger partial charge in [-0.1, -0.05) is 12.1 Å². The van der Waals surface area contributed by atoms with E-state index in [1.807, 2.05) is 16.8 Å². The van der Waals surface area contributed by atoms with E-state index >= 15 is 0 Å². The minimum absolute atomic E-state index is 0.329. The Balaban J connectivity index is 1.92. The molecular weight excluding hydrogens is 230 g/mol. The lowest BCUT2D eigenvalue weighted by Gasteiger charge is -2.05. The van der Waals surface area contributed by atoms with E-state index in [2.05, 4.69) is 14.8 Å². The van der Waals surface area contributed by atoms with Crippen LogP contribution in [0.2, 0.25) is 0 Å². The molecule has 1 saturated carbocycles. The van der Waals surface area contributed by atoms with Crippen molar-refractivity contribution in [2.24, 2.45) is 0 Å². The van der Waals surface area contributed by atoms with E-state index < -0.39 is 0 Å². The molecule has 0 N–H and O–H groups in total. The number of esters is 1.